The summed E-state index contributed by atoms with van der Waals surface area (Å²) in [6.45, 7) is 0.830. The number of ether oxygens (including phenoxy) is 1. The van der Waals surface area contributed by atoms with Gasteiger partial charge in [-0.15, -0.1) is 0 Å². The van der Waals surface area contributed by atoms with Crippen LogP contribution < -0.4 is 10.1 Å². The Bertz CT molecular complexity index is 844. The number of alkyl halides is 1. The third kappa shape index (κ3) is 4.17. The van der Waals surface area contributed by atoms with E-state index in [0.29, 0.717) is 5.56 Å². The minimum Gasteiger partial charge on any atom is -0.497 e. The molecule has 1 unspecified atom stereocenters. The van der Waals surface area contributed by atoms with Crippen LogP contribution >= 0.6 is 15.9 Å². The minimum atomic E-state index is -0.248. The smallest absolute Gasteiger partial charge is 0.252 e. The number of carbonyl (C=O) groups excluding carboxylic acids is 1. The van der Waals surface area contributed by atoms with E-state index in [9.17, 15) is 4.79 Å². The fraction of sp³-hybridized carbons (Fsp3) is 0.190. The summed E-state index contributed by atoms with van der Waals surface area (Å²) in [7, 11) is 1.64. The van der Waals surface area contributed by atoms with Crippen LogP contribution in [0.25, 0.3) is 0 Å². The number of hydrogen-bond acceptors (Lipinski definition) is 2. The van der Waals surface area contributed by atoms with Crippen LogP contribution in [0.3, 0.4) is 0 Å². The lowest BCUT2D eigenvalue weighted by atomic mass is 10.0. The molecule has 26 heavy (non-hydrogen) atoms. The fourth-order valence-electron chi connectivity index (χ4n) is 2.91. The molecule has 134 valence electrons. The van der Waals surface area contributed by atoms with Gasteiger partial charge < -0.3 is 14.6 Å². The fourth-order valence-corrected chi connectivity index (χ4v) is 3.29. The molecule has 1 atom stereocenters. The molecule has 0 spiro atoms. The van der Waals surface area contributed by atoms with Crippen molar-refractivity contribution in [3.63, 3.8) is 0 Å². The van der Waals surface area contributed by atoms with Gasteiger partial charge in [0.1, 0.15) is 5.75 Å². The van der Waals surface area contributed by atoms with E-state index in [1.54, 1.807) is 7.11 Å². The van der Waals surface area contributed by atoms with Gasteiger partial charge in [-0.1, -0.05) is 46.3 Å². The van der Waals surface area contributed by atoms with Crippen molar-refractivity contribution in [1.82, 2.24) is 9.88 Å². The lowest BCUT2D eigenvalue weighted by Gasteiger charge is -2.22. The zero-order chi connectivity index (χ0) is 18.4. The second-order valence-corrected chi connectivity index (χ2v) is 6.65. The topological polar surface area (TPSA) is 43.3 Å². The average Bonchev–Trinajstić information content (AvgIpc) is 3.15. The van der Waals surface area contributed by atoms with Gasteiger partial charge in [-0.3, -0.25) is 4.79 Å². The number of amides is 1. The summed E-state index contributed by atoms with van der Waals surface area (Å²) in [5.74, 6) is 0.690. The number of aryl methyl sites for hydroxylation is 1. The van der Waals surface area contributed by atoms with Gasteiger partial charge in [-0.05, 0) is 42.0 Å². The summed E-state index contributed by atoms with van der Waals surface area (Å²) in [5, 5.41) is 4.02. The number of rotatable bonds is 7. The number of methoxy groups -OCH3 is 1. The standard InChI is InChI=1S/C21H21BrN2O2/c1-26-18-11-9-16(10-12-18)20(19-8-5-14-24(19)15-13-22)23-21(25)17-6-3-2-4-7-17/h2-12,14,20H,13,15H2,1H3,(H,23,25). The molecule has 1 N–H and O–H groups in total. The number of nitrogens with zero attached hydrogens (tertiary/aromatic N) is 1. The first-order valence-corrected chi connectivity index (χ1v) is 9.56. The summed E-state index contributed by atoms with van der Waals surface area (Å²) < 4.78 is 7.40. The Labute approximate surface area is 161 Å². The van der Waals surface area contributed by atoms with Gasteiger partial charge in [0.15, 0.2) is 0 Å². The Hall–Kier alpha value is -2.53. The van der Waals surface area contributed by atoms with Crippen molar-refractivity contribution in [2.75, 3.05) is 12.4 Å². The zero-order valence-electron chi connectivity index (χ0n) is 14.6. The molecule has 0 aliphatic rings. The van der Waals surface area contributed by atoms with Gasteiger partial charge in [0.05, 0.1) is 13.2 Å². The van der Waals surface area contributed by atoms with Crippen molar-refractivity contribution in [2.24, 2.45) is 0 Å². The predicted molar refractivity (Wildman–Crippen MR) is 107 cm³/mol. The molecule has 0 fully saturated rings. The molecule has 2 aromatic carbocycles. The van der Waals surface area contributed by atoms with Crippen LogP contribution in [0.2, 0.25) is 0 Å². The molecule has 0 bridgehead atoms. The van der Waals surface area contributed by atoms with Crippen molar-refractivity contribution in [3.8, 4) is 5.75 Å². The van der Waals surface area contributed by atoms with Crippen molar-refractivity contribution in [2.45, 2.75) is 12.6 Å². The Kier molecular flexibility index (Phi) is 6.12. The lowest BCUT2D eigenvalue weighted by Crippen LogP contribution is -2.30. The van der Waals surface area contributed by atoms with E-state index in [1.165, 1.54) is 0 Å². The Morgan fingerprint density at radius 1 is 1.08 bits per heavy atom. The summed E-state index contributed by atoms with van der Waals surface area (Å²) >= 11 is 3.49. The van der Waals surface area contributed by atoms with E-state index in [2.05, 4.69) is 25.8 Å². The monoisotopic (exact) mass is 412 g/mol. The van der Waals surface area contributed by atoms with Crippen LogP contribution in [0.5, 0.6) is 5.75 Å². The first kappa shape index (κ1) is 18.3. The van der Waals surface area contributed by atoms with E-state index in [4.69, 9.17) is 4.74 Å². The summed E-state index contributed by atoms with van der Waals surface area (Å²) in [6, 6.07) is 20.9. The number of hydrogen-bond donors (Lipinski definition) is 1. The molecule has 0 saturated carbocycles. The third-order valence-electron chi connectivity index (χ3n) is 4.25. The molecule has 0 saturated heterocycles. The van der Waals surface area contributed by atoms with Gasteiger partial charge in [0.2, 0.25) is 0 Å². The SMILES string of the molecule is COc1ccc(C(NC(=O)c2ccccc2)c2cccn2CCBr)cc1. The number of aromatic nitrogens is 1. The zero-order valence-corrected chi connectivity index (χ0v) is 16.1. The molecule has 3 aromatic rings. The van der Waals surface area contributed by atoms with Gasteiger partial charge in [-0.25, -0.2) is 0 Å². The molecular weight excluding hydrogens is 392 g/mol. The van der Waals surface area contributed by atoms with Crippen LogP contribution in [-0.2, 0) is 6.54 Å². The van der Waals surface area contributed by atoms with Crippen molar-refractivity contribution >= 4 is 21.8 Å². The highest BCUT2D eigenvalue weighted by Crippen LogP contribution is 2.25. The second kappa shape index (κ2) is 8.72. The summed E-state index contributed by atoms with van der Waals surface area (Å²) in [4.78, 5) is 12.8. The maximum absolute atomic E-state index is 12.8. The van der Waals surface area contributed by atoms with Crippen molar-refractivity contribution < 1.29 is 9.53 Å². The van der Waals surface area contributed by atoms with Gasteiger partial charge in [0, 0.05) is 29.3 Å². The van der Waals surface area contributed by atoms with Crippen LogP contribution in [0, 0.1) is 0 Å². The first-order chi connectivity index (χ1) is 12.7. The highest BCUT2D eigenvalue weighted by atomic mass is 79.9. The van der Waals surface area contributed by atoms with E-state index >= 15 is 0 Å². The molecule has 4 nitrogen and oxygen atoms in total. The average molecular weight is 413 g/mol. The normalized spacial score (nSPS) is 11.8. The highest BCUT2D eigenvalue weighted by molar-refractivity contribution is 9.09. The summed E-state index contributed by atoms with van der Waals surface area (Å²) in [6.07, 6.45) is 2.03. The molecule has 0 aliphatic heterocycles. The summed E-state index contributed by atoms with van der Waals surface area (Å²) in [5.41, 5.74) is 2.69. The predicted octanol–water partition coefficient (Wildman–Crippen LogP) is 4.41. The molecule has 1 aromatic heterocycles. The molecule has 1 amide bonds. The molecular formula is C21H21BrN2O2. The van der Waals surface area contributed by atoms with Crippen LogP contribution in [0.4, 0.5) is 0 Å². The van der Waals surface area contributed by atoms with Crippen LogP contribution in [0.15, 0.2) is 72.9 Å². The number of halogens is 1. The van der Waals surface area contributed by atoms with Crippen LogP contribution in [0.1, 0.15) is 27.7 Å². The van der Waals surface area contributed by atoms with E-state index < -0.39 is 0 Å². The maximum Gasteiger partial charge on any atom is 0.252 e. The molecule has 0 radical (unpaired) electrons. The Balaban J connectivity index is 1.95. The number of nitrogens with one attached hydrogen (secondary N) is 1. The maximum atomic E-state index is 12.8. The van der Waals surface area contributed by atoms with Gasteiger partial charge in [-0.2, -0.15) is 0 Å². The van der Waals surface area contributed by atoms with E-state index in [0.717, 1.165) is 28.9 Å². The lowest BCUT2D eigenvalue weighted by molar-refractivity contribution is 0.0942. The third-order valence-corrected chi connectivity index (χ3v) is 4.60. The largest absolute Gasteiger partial charge is 0.497 e. The van der Waals surface area contributed by atoms with Crippen molar-refractivity contribution in [1.29, 1.82) is 0 Å². The Morgan fingerprint density at radius 2 is 1.81 bits per heavy atom. The van der Waals surface area contributed by atoms with Gasteiger partial charge >= 0.3 is 0 Å². The molecule has 0 aliphatic carbocycles. The van der Waals surface area contributed by atoms with E-state index in [-0.39, 0.29) is 11.9 Å². The van der Waals surface area contributed by atoms with Crippen LogP contribution in [-0.4, -0.2) is 22.9 Å². The van der Waals surface area contributed by atoms with E-state index in [1.807, 2.05) is 72.9 Å². The number of carbonyl (C=O) groups is 1. The second-order valence-electron chi connectivity index (χ2n) is 5.86. The molecule has 1 heterocycles. The van der Waals surface area contributed by atoms with Gasteiger partial charge in [0.25, 0.3) is 5.91 Å². The first-order valence-electron chi connectivity index (χ1n) is 8.44. The van der Waals surface area contributed by atoms with Crippen molar-refractivity contribution in [3.05, 3.63) is 89.7 Å². The Morgan fingerprint density at radius 3 is 2.46 bits per heavy atom. The quantitative estimate of drug-likeness (QED) is 0.583. The highest BCUT2D eigenvalue weighted by Gasteiger charge is 2.20. The molecule has 5 heteroatoms. The number of benzene rings is 2. The molecule has 3 rings (SSSR count). The minimum absolute atomic E-state index is 0.0991.